The smallest absolute Gasteiger partial charge is 0.198 e. The third kappa shape index (κ3) is 2.62. The molecule has 106 valence electrons. The van der Waals surface area contributed by atoms with Crippen molar-refractivity contribution in [2.24, 2.45) is 4.99 Å². The summed E-state index contributed by atoms with van der Waals surface area (Å²) in [4.78, 5) is 7.13. The molecule has 0 saturated carbocycles. The minimum atomic E-state index is -0.362. The maximum absolute atomic E-state index is 13.3. The number of hydrogen-bond donors (Lipinski definition) is 2. The third-order valence-corrected chi connectivity index (χ3v) is 3.51. The predicted octanol–water partition coefficient (Wildman–Crippen LogP) is 4.73. The molecule has 3 aromatic rings. The summed E-state index contributed by atoms with van der Waals surface area (Å²) in [6.45, 7) is 1.90. The van der Waals surface area contributed by atoms with Gasteiger partial charge in [0.1, 0.15) is 5.82 Å². The molecule has 0 atom stereocenters. The number of aromatic hydroxyl groups is 1. The molecule has 3 nitrogen and oxygen atoms in total. The van der Waals surface area contributed by atoms with Gasteiger partial charge in [-0.2, -0.15) is 0 Å². The van der Waals surface area contributed by atoms with Gasteiger partial charge in [0.15, 0.2) is 5.88 Å². The van der Waals surface area contributed by atoms with Gasteiger partial charge in [-0.25, -0.2) is 4.39 Å². The number of aromatic nitrogens is 1. The van der Waals surface area contributed by atoms with Gasteiger partial charge in [-0.05, 0) is 48.9 Å². The van der Waals surface area contributed by atoms with Gasteiger partial charge in [-0.1, -0.05) is 11.6 Å². The number of fused-ring (bicyclic) bond motifs is 1. The Labute approximate surface area is 125 Å². The number of aromatic amines is 1. The molecule has 0 fully saturated rings. The molecule has 1 aromatic heterocycles. The van der Waals surface area contributed by atoms with E-state index in [4.69, 9.17) is 11.6 Å². The molecule has 0 aliphatic heterocycles. The molecule has 0 spiro atoms. The summed E-state index contributed by atoms with van der Waals surface area (Å²) < 4.78 is 13.3. The van der Waals surface area contributed by atoms with Crippen LogP contribution >= 0.6 is 11.6 Å². The van der Waals surface area contributed by atoms with E-state index in [9.17, 15) is 9.50 Å². The van der Waals surface area contributed by atoms with Crippen molar-refractivity contribution in [3.63, 3.8) is 0 Å². The zero-order valence-corrected chi connectivity index (χ0v) is 11.9. The van der Waals surface area contributed by atoms with E-state index in [-0.39, 0.29) is 11.7 Å². The van der Waals surface area contributed by atoms with E-state index in [2.05, 4.69) is 9.98 Å². The number of H-pyrrole nitrogens is 1. The van der Waals surface area contributed by atoms with Gasteiger partial charge in [0.05, 0.1) is 11.3 Å². The lowest BCUT2D eigenvalue weighted by Gasteiger charge is -2.00. The maximum Gasteiger partial charge on any atom is 0.198 e. The molecule has 21 heavy (non-hydrogen) atoms. The lowest BCUT2D eigenvalue weighted by molar-refractivity contribution is 0.457. The zero-order valence-electron chi connectivity index (χ0n) is 11.2. The van der Waals surface area contributed by atoms with Crippen LogP contribution in [0.3, 0.4) is 0 Å². The van der Waals surface area contributed by atoms with Crippen LogP contribution in [0.2, 0.25) is 5.02 Å². The molecule has 0 saturated heterocycles. The van der Waals surface area contributed by atoms with Gasteiger partial charge in [0, 0.05) is 22.1 Å². The van der Waals surface area contributed by atoms with Crippen LogP contribution in [0.15, 0.2) is 41.4 Å². The van der Waals surface area contributed by atoms with Gasteiger partial charge in [0.25, 0.3) is 0 Å². The molecule has 0 amide bonds. The van der Waals surface area contributed by atoms with Crippen LogP contribution < -0.4 is 0 Å². The molecule has 3 rings (SSSR count). The Morgan fingerprint density at radius 1 is 1.24 bits per heavy atom. The van der Waals surface area contributed by atoms with Crippen molar-refractivity contribution in [1.82, 2.24) is 4.98 Å². The number of benzene rings is 2. The average molecular weight is 303 g/mol. The topological polar surface area (TPSA) is 48.4 Å². The third-order valence-electron chi connectivity index (χ3n) is 3.27. The fourth-order valence-corrected chi connectivity index (χ4v) is 2.43. The first-order valence-corrected chi connectivity index (χ1v) is 6.73. The number of hydrogen-bond acceptors (Lipinski definition) is 2. The Morgan fingerprint density at radius 2 is 2.05 bits per heavy atom. The average Bonchev–Trinajstić information content (AvgIpc) is 2.73. The lowest BCUT2D eigenvalue weighted by Crippen LogP contribution is -1.82. The van der Waals surface area contributed by atoms with E-state index < -0.39 is 0 Å². The molecule has 2 aromatic carbocycles. The zero-order chi connectivity index (χ0) is 15.0. The standard InChI is InChI=1S/C16H12ClFN2O/c1-9-6-10(17)2-4-14(9)19-8-13-12-7-11(18)3-5-15(12)20-16(13)21/h2-8,20-21H,1H3. The Bertz CT molecular complexity index is 855. The maximum atomic E-state index is 13.3. The van der Waals surface area contributed by atoms with Gasteiger partial charge in [-0.15, -0.1) is 0 Å². The van der Waals surface area contributed by atoms with Gasteiger partial charge < -0.3 is 10.1 Å². The van der Waals surface area contributed by atoms with Crippen molar-refractivity contribution >= 4 is 34.4 Å². The monoisotopic (exact) mass is 302 g/mol. The molecule has 0 unspecified atom stereocenters. The van der Waals surface area contributed by atoms with Crippen LogP contribution in [0.25, 0.3) is 10.9 Å². The molecule has 0 aliphatic carbocycles. The number of nitrogens with zero attached hydrogens (tertiary/aromatic N) is 1. The number of nitrogens with one attached hydrogen (secondary N) is 1. The van der Waals surface area contributed by atoms with E-state index in [0.717, 1.165) is 11.3 Å². The number of rotatable bonds is 2. The summed E-state index contributed by atoms with van der Waals surface area (Å²) in [5.41, 5.74) is 2.77. The highest BCUT2D eigenvalue weighted by Crippen LogP contribution is 2.28. The van der Waals surface area contributed by atoms with E-state index >= 15 is 0 Å². The molecule has 2 N–H and O–H groups in total. The molecule has 1 heterocycles. The summed E-state index contributed by atoms with van der Waals surface area (Å²) in [6.07, 6.45) is 1.52. The summed E-state index contributed by atoms with van der Waals surface area (Å²) in [7, 11) is 0. The normalized spacial score (nSPS) is 11.6. The first kappa shape index (κ1) is 13.6. The number of aliphatic imine (C=N–C) groups is 1. The first-order valence-electron chi connectivity index (χ1n) is 6.35. The van der Waals surface area contributed by atoms with Crippen molar-refractivity contribution in [3.8, 4) is 5.88 Å². The van der Waals surface area contributed by atoms with E-state index in [0.29, 0.717) is 21.5 Å². The highest BCUT2D eigenvalue weighted by molar-refractivity contribution is 6.30. The van der Waals surface area contributed by atoms with E-state index in [1.807, 2.05) is 13.0 Å². The molecular weight excluding hydrogens is 291 g/mol. The summed E-state index contributed by atoms with van der Waals surface area (Å²) in [6, 6.07) is 9.62. The van der Waals surface area contributed by atoms with Crippen LogP contribution in [0.1, 0.15) is 11.1 Å². The van der Waals surface area contributed by atoms with Crippen LogP contribution in [-0.2, 0) is 0 Å². The van der Waals surface area contributed by atoms with E-state index in [1.165, 1.54) is 18.3 Å². The minimum absolute atomic E-state index is 0.0361. The Balaban J connectivity index is 2.06. The molecule has 5 heteroatoms. The Morgan fingerprint density at radius 3 is 2.81 bits per heavy atom. The summed E-state index contributed by atoms with van der Waals surface area (Å²) >= 11 is 5.90. The van der Waals surface area contributed by atoms with Crippen molar-refractivity contribution in [2.75, 3.05) is 0 Å². The molecular formula is C16H12ClFN2O. The summed E-state index contributed by atoms with van der Waals surface area (Å²) in [5.74, 6) is -0.398. The van der Waals surface area contributed by atoms with Crippen LogP contribution in [0.5, 0.6) is 5.88 Å². The van der Waals surface area contributed by atoms with Gasteiger partial charge >= 0.3 is 0 Å². The van der Waals surface area contributed by atoms with Crippen molar-refractivity contribution in [3.05, 3.63) is 58.4 Å². The highest BCUT2D eigenvalue weighted by Gasteiger charge is 2.09. The fraction of sp³-hybridized carbons (Fsp3) is 0.0625. The predicted molar refractivity (Wildman–Crippen MR) is 83.4 cm³/mol. The highest BCUT2D eigenvalue weighted by atomic mass is 35.5. The molecule has 0 aliphatic rings. The SMILES string of the molecule is Cc1cc(Cl)ccc1N=Cc1c(O)[nH]c2ccc(F)cc12. The summed E-state index contributed by atoms with van der Waals surface area (Å²) in [5, 5.41) is 11.2. The van der Waals surface area contributed by atoms with Crippen LogP contribution in [-0.4, -0.2) is 16.3 Å². The van der Waals surface area contributed by atoms with Gasteiger partial charge in [0.2, 0.25) is 0 Å². The molecule has 0 bridgehead atoms. The Hall–Kier alpha value is -2.33. The second-order valence-electron chi connectivity index (χ2n) is 4.77. The first-order chi connectivity index (χ1) is 10.0. The number of halogens is 2. The lowest BCUT2D eigenvalue weighted by atomic mass is 10.1. The van der Waals surface area contributed by atoms with Crippen molar-refractivity contribution < 1.29 is 9.50 Å². The molecule has 0 radical (unpaired) electrons. The van der Waals surface area contributed by atoms with Crippen LogP contribution in [0, 0.1) is 12.7 Å². The quantitative estimate of drug-likeness (QED) is 0.661. The second-order valence-corrected chi connectivity index (χ2v) is 5.20. The van der Waals surface area contributed by atoms with Crippen LogP contribution in [0.4, 0.5) is 10.1 Å². The second kappa shape index (κ2) is 5.22. The number of aryl methyl sites for hydroxylation is 1. The fourth-order valence-electron chi connectivity index (χ4n) is 2.20. The largest absolute Gasteiger partial charge is 0.494 e. The van der Waals surface area contributed by atoms with Crippen molar-refractivity contribution in [1.29, 1.82) is 0 Å². The minimum Gasteiger partial charge on any atom is -0.494 e. The van der Waals surface area contributed by atoms with Gasteiger partial charge in [-0.3, -0.25) is 4.99 Å². The van der Waals surface area contributed by atoms with Crippen molar-refractivity contribution in [2.45, 2.75) is 6.92 Å². The Kier molecular flexibility index (Phi) is 3.39. The van der Waals surface area contributed by atoms with E-state index in [1.54, 1.807) is 18.2 Å².